The number of aliphatic hydroxyl groups excluding tert-OH is 1. The first-order valence-electron chi connectivity index (χ1n) is 6.35. The summed E-state index contributed by atoms with van der Waals surface area (Å²) < 4.78 is 0. The molecule has 0 radical (unpaired) electrons. The van der Waals surface area contributed by atoms with Crippen LogP contribution in [0.25, 0.3) is 0 Å². The molecule has 1 heterocycles. The van der Waals surface area contributed by atoms with Gasteiger partial charge in [-0.05, 0) is 12.8 Å². The molecule has 0 aromatic heterocycles. The average Bonchev–Trinajstić information content (AvgIpc) is 2.50. The van der Waals surface area contributed by atoms with Crippen LogP contribution in [0, 0.1) is 5.41 Å². The SMILES string of the molecule is NCC1(C(=O)N2CC(O)C2)CCCCCC1. The smallest absolute Gasteiger partial charge is 0.230 e. The Balaban J connectivity index is 2.04. The van der Waals surface area contributed by atoms with Gasteiger partial charge in [0.2, 0.25) is 5.91 Å². The molecule has 0 aromatic carbocycles. The molecule has 3 N–H and O–H groups in total. The van der Waals surface area contributed by atoms with E-state index in [1.807, 2.05) is 0 Å². The van der Waals surface area contributed by atoms with Crippen LogP contribution in [0.2, 0.25) is 0 Å². The van der Waals surface area contributed by atoms with E-state index in [0.717, 1.165) is 25.7 Å². The summed E-state index contributed by atoms with van der Waals surface area (Å²) in [5.74, 6) is 0.183. The molecule has 4 nitrogen and oxygen atoms in total. The second kappa shape index (κ2) is 4.72. The summed E-state index contributed by atoms with van der Waals surface area (Å²) in [4.78, 5) is 14.1. The lowest BCUT2D eigenvalue weighted by Gasteiger charge is -2.42. The number of likely N-dealkylation sites (tertiary alicyclic amines) is 1. The van der Waals surface area contributed by atoms with Gasteiger partial charge < -0.3 is 15.7 Å². The van der Waals surface area contributed by atoms with Gasteiger partial charge in [0.05, 0.1) is 11.5 Å². The molecule has 1 saturated heterocycles. The summed E-state index contributed by atoms with van der Waals surface area (Å²) in [6, 6.07) is 0. The van der Waals surface area contributed by atoms with Gasteiger partial charge >= 0.3 is 0 Å². The Hall–Kier alpha value is -0.610. The third kappa shape index (κ3) is 2.09. The van der Waals surface area contributed by atoms with E-state index in [4.69, 9.17) is 5.73 Å². The minimum absolute atomic E-state index is 0.183. The lowest BCUT2D eigenvalue weighted by molar-refractivity contribution is -0.153. The van der Waals surface area contributed by atoms with E-state index in [-0.39, 0.29) is 17.4 Å². The molecule has 0 aromatic rings. The predicted octanol–water partition coefficient (Wildman–Crippen LogP) is 0.489. The maximum absolute atomic E-state index is 12.4. The monoisotopic (exact) mass is 226 g/mol. The molecule has 1 saturated carbocycles. The zero-order chi connectivity index (χ0) is 11.6. The van der Waals surface area contributed by atoms with Crippen molar-refractivity contribution >= 4 is 5.91 Å². The van der Waals surface area contributed by atoms with Gasteiger partial charge in [0.1, 0.15) is 0 Å². The van der Waals surface area contributed by atoms with Crippen LogP contribution in [-0.4, -0.2) is 41.7 Å². The van der Waals surface area contributed by atoms with Gasteiger partial charge in [0.25, 0.3) is 0 Å². The van der Waals surface area contributed by atoms with E-state index in [9.17, 15) is 9.90 Å². The minimum atomic E-state index is -0.323. The van der Waals surface area contributed by atoms with Crippen LogP contribution < -0.4 is 5.73 Å². The number of aliphatic hydroxyl groups is 1. The molecular weight excluding hydrogens is 204 g/mol. The van der Waals surface area contributed by atoms with E-state index in [2.05, 4.69) is 0 Å². The summed E-state index contributed by atoms with van der Waals surface area (Å²) in [6.45, 7) is 1.46. The topological polar surface area (TPSA) is 66.6 Å². The zero-order valence-corrected chi connectivity index (χ0v) is 9.82. The number of carbonyl (C=O) groups is 1. The highest BCUT2D eigenvalue weighted by Crippen LogP contribution is 2.36. The van der Waals surface area contributed by atoms with Crippen molar-refractivity contribution in [1.82, 2.24) is 4.90 Å². The summed E-state index contributed by atoms with van der Waals surface area (Å²) in [6.07, 6.45) is 6.20. The Morgan fingerprint density at radius 2 is 1.81 bits per heavy atom. The third-order valence-corrected chi connectivity index (χ3v) is 4.05. The number of amides is 1. The summed E-state index contributed by atoms with van der Waals surface area (Å²) in [7, 11) is 0. The highest BCUT2D eigenvalue weighted by Gasteiger charge is 2.43. The number of hydrogen-bond donors (Lipinski definition) is 2. The van der Waals surface area contributed by atoms with Gasteiger partial charge in [-0.3, -0.25) is 4.79 Å². The molecule has 2 fully saturated rings. The van der Waals surface area contributed by atoms with E-state index >= 15 is 0 Å². The standard InChI is InChI=1S/C12H22N2O2/c13-9-12(5-3-1-2-4-6-12)11(16)14-7-10(15)8-14/h10,15H,1-9,13H2. The normalized spacial score (nSPS) is 26.0. The highest BCUT2D eigenvalue weighted by atomic mass is 16.3. The number of carbonyl (C=O) groups excluding carboxylic acids is 1. The van der Waals surface area contributed by atoms with E-state index < -0.39 is 0 Å². The van der Waals surface area contributed by atoms with Crippen LogP contribution in [0.5, 0.6) is 0 Å². The van der Waals surface area contributed by atoms with Gasteiger partial charge in [-0.25, -0.2) is 0 Å². The van der Waals surface area contributed by atoms with Crippen molar-refractivity contribution in [2.24, 2.45) is 11.1 Å². The molecular formula is C12H22N2O2. The first-order valence-corrected chi connectivity index (χ1v) is 6.35. The summed E-state index contributed by atoms with van der Waals surface area (Å²) in [5, 5.41) is 9.25. The number of nitrogens with two attached hydrogens (primary N) is 1. The van der Waals surface area contributed by atoms with Crippen LogP contribution in [0.3, 0.4) is 0 Å². The van der Waals surface area contributed by atoms with Crippen molar-refractivity contribution in [2.45, 2.75) is 44.6 Å². The lowest BCUT2D eigenvalue weighted by Crippen LogP contribution is -2.59. The third-order valence-electron chi connectivity index (χ3n) is 4.05. The number of nitrogens with zero attached hydrogens (tertiary/aromatic N) is 1. The molecule has 92 valence electrons. The minimum Gasteiger partial charge on any atom is -0.389 e. The molecule has 1 aliphatic carbocycles. The van der Waals surface area contributed by atoms with Crippen molar-refractivity contribution in [3.05, 3.63) is 0 Å². The molecule has 0 spiro atoms. The van der Waals surface area contributed by atoms with Crippen LogP contribution in [0.15, 0.2) is 0 Å². The van der Waals surface area contributed by atoms with Crippen LogP contribution in [-0.2, 0) is 4.79 Å². The fourth-order valence-corrected chi connectivity index (χ4v) is 2.87. The maximum atomic E-state index is 12.4. The largest absolute Gasteiger partial charge is 0.389 e. The average molecular weight is 226 g/mol. The Morgan fingerprint density at radius 1 is 1.25 bits per heavy atom. The van der Waals surface area contributed by atoms with Gasteiger partial charge in [0, 0.05) is 19.6 Å². The van der Waals surface area contributed by atoms with Crippen molar-refractivity contribution < 1.29 is 9.90 Å². The number of hydrogen-bond acceptors (Lipinski definition) is 3. The van der Waals surface area contributed by atoms with Crippen molar-refractivity contribution in [3.63, 3.8) is 0 Å². The van der Waals surface area contributed by atoms with Crippen LogP contribution in [0.1, 0.15) is 38.5 Å². The van der Waals surface area contributed by atoms with Crippen LogP contribution in [0.4, 0.5) is 0 Å². The Labute approximate surface area is 96.8 Å². The first kappa shape index (κ1) is 11.9. The molecule has 2 rings (SSSR count). The predicted molar refractivity (Wildman–Crippen MR) is 61.8 cm³/mol. The number of β-amino-alcohol motifs (C(OH)–C–C–N with tert-alkyl or cyclic N) is 1. The van der Waals surface area contributed by atoms with Crippen molar-refractivity contribution in [3.8, 4) is 0 Å². The molecule has 4 heteroatoms. The second-order valence-electron chi connectivity index (χ2n) is 5.26. The molecule has 16 heavy (non-hydrogen) atoms. The molecule has 0 unspecified atom stereocenters. The fraction of sp³-hybridized carbons (Fsp3) is 0.917. The number of rotatable bonds is 2. The summed E-state index contributed by atoms with van der Waals surface area (Å²) in [5.41, 5.74) is 5.53. The molecule has 0 bridgehead atoms. The zero-order valence-electron chi connectivity index (χ0n) is 9.82. The van der Waals surface area contributed by atoms with Crippen molar-refractivity contribution in [2.75, 3.05) is 19.6 Å². The van der Waals surface area contributed by atoms with Crippen LogP contribution >= 0.6 is 0 Å². The first-order chi connectivity index (χ1) is 7.68. The quantitative estimate of drug-likeness (QED) is 0.673. The molecule has 1 aliphatic heterocycles. The fourth-order valence-electron chi connectivity index (χ4n) is 2.87. The Kier molecular flexibility index (Phi) is 3.50. The van der Waals surface area contributed by atoms with E-state index in [1.165, 1.54) is 12.8 Å². The lowest BCUT2D eigenvalue weighted by atomic mass is 9.78. The maximum Gasteiger partial charge on any atom is 0.230 e. The summed E-state index contributed by atoms with van der Waals surface area (Å²) >= 11 is 0. The Morgan fingerprint density at radius 3 is 2.25 bits per heavy atom. The molecule has 0 atom stereocenters. The van der Waals surface area contributed by atoms with E-state index in [1.54, 1.807) is 4.90 Å². The second-order valence-corrected chi connectivity index (χ2v) is 5.26. The molecule has 2 aliphatic rings. The van der Waals surface area contributed by atoms with Crippen molar-refractivity contribution in [1.29, 1.82) is 0 Å². The molecule has 1 amide bonds. The Bertz CT molecular complexity index is 254. The van der Waals surface area contributed by atoms with Gasteiger partial charge in [-0.2, -0.15) is 0 Å². The van der Waals surface area contributed by atoms with Gasteiger partial charge in [-0.15, -0.1) is 0 Å². The highest BCUT2D eigenvalue weighted by molar-refractivity contribution is 5.83. The van der Waals surface area contributed by atoms with Gasteiger partial charge in [0.15, 0.2) is 0 Å². The van der Waals surface area contributed by atoms with E-state index in [0.29, 0.717) is 19.6 Å². The van der Waals surface area contributed by atoms with Gasteiger partial charge in [-0.1, -0.05) is 25.7 Å².